The predicted octanol–water partition coefficient (Wildman–Crippen LogP) is 1.39. The smallest absolute Gasteiger partial charge is 0.256 e. The first-order valence-electron chi connectivity index (χ1n) is 3.99. The molecular weight excluding hydrogens is 219 g/mol. The Kier molecular flexibility index (Phi) is 3.70. The number of para-hydroxylation sites is 1. The van der Waals surface area contributed by atoms with Crippen LogP contribution >= 0.6 is 0 Å². The van der Waals surface area contributed by atoms with Gasteiger partial charge in [0.15, 0.2) is 0 Å². The highest BCUT2D eigenvalue weighted by Gasteiger charge is 1.87. The van der Waals surface area contributed by atoms with Crippen molar-refractivity contribution < 1.29 is 12.3 Å². The van der Waals surface area contributed by atoms with Crippen LogP contribution < -0.4 is 5.14 Å². The van der Waals surface area contributed by atoms with Crippen LogP contribution in [0.15, 0.2) is 42.6 Å². The summed E-state index contributed by atoms with van der Waals surface area (Å²) in [4.78, 5) is 4.18. The highest BCUT2D eigenvalue weighted by atomic mass is 32.3. The lowest BCUT2D eigenvalue weighted by Gasteiger charge is -1.91. The molecule has 0 spiro atoms. The molecule has 0 bridgehead atoms. The Hall–Kier alpha value is -1.53. The van der Waals surface area contributed by atoms with Crippen LogP contribution in [0.5, 0.6) is 0 Å². The van der Waals surface area contributed by atoms with Crippen molar-refractivity contribution in [3.05, 3.63) is 42.6 Å². The summed E-state index contributed by atoms with van der Waals surface area (Å²) in [5.74, 6) is 0. The third kappa shape index (κ3) is 5.04. The molecule has 2 aromatic rings. The van der Waals surface area contributed by atoms with Crippen molar-refractivity contribution in [2.24, 2.45) is 5.14 Å². The van der Waals surface area contributed by atoms with E-state index in [0.29, 0.717) is 0 Å². The zero-order valence-electron chi connectivity index (χ0n) is 7.67. The number of nitrogens with two attached hydrogens (primary N) is 1. The molecule has 15 heavy (non-hydrogen) atoms. The molecule has 0 unspecified atom stereocenters. The standard InChI is InChI=1S/C9H7N.FH2NO2S/c1-2-6-9-8(4-1)5-3-7-10-9;1-5(2,3)4/h1-7H;(H2,2,3,4). The Morgan fingerprint density at radius 1 is 1.13 bits per heavy atom. The molecule has 0 atom stereocenters. The van der Waals surface area contributed by atoms with Gasteiger partial charge >= 0.3 is 10.4 Å². The fraction of sp³-hybridized carbons (Fsp3) is 0. The van der Waals surface area contributed by atoms with E-state index in [-0.39, 0.29) is 0 Å². The molecule has 0 fully saturated rings. The van der Waals surface area contributed by atoms with Crippen molar-refractivity contribution in [2.45, 2.75) is 0 Å². The molecule has 0 saturated heterocycles. The van der Waals surface area contributed by atoms with Crippen molar-refractivity contribution in [3.63, 3.8) is 0 Å². The van der Waals surface area contributed by atoms with Crippen LogP contribution in [0.2, 0.25) is 0 Å². The van der Waals surface area contributed by atoms with Gasteiger partial charge in [-0.05, 0) is 12.1 Å². The molecule has 2 rings (SSSR count). The molecule has 1 heterocycles. The molecule has 2 N–H and O–H groups in total. The Labute approximate surface area is 86.9 Å². The molecule has 0 amide bonds. The number of hydrogen-bond donors (Lipinski definition) is 1. The first-order chi connectivity index (χ1) is 6.97. The van der Waals surface area contributed by atoms with Crippen LogP contribution in [0.1, 0.15) is 0 Å². The maximum Gasteiger partial charge on any atom is 0.369 e. The zero-order valence-corrected chi connectivity index (χ0v) is 8.49. The third-order valence-electron chi connectivity index (χ3n) is 1.51. The van der Waals surface area contributed by atoms with E-state index < -0.39 is 10.4 Å². The van der Waals surface area contributed by atoms with Gasteiger partial charge in [-0.15, -0.1) is 0 Å². The highest BCUT2D eigenvalue weighted by molar-refractivity contribution is 7.83. The maximum absolute atomic E-state index is 10.4. The number of fused-ring (bicyclic) bond motifs is 1. The van der Waals surface area contributed by atoms with E-state index in [1.54, 1.807) is 0 Å². The van der Waals surface area contributed by atoms with Crippen molar-refractivity contribution in [3.8, 4) is 0 Å². The summed E-state index contributed by atoms with van der Waals surface area (Å²) in [6, 6.07) is 12.1. The summed E-state index contributed by atoms with van der Waals surface area (Å²) in [7, 11) is -4.67. The molecule has 4 nitrogen and oxygen atoms in total. The zero-order chi connectivity index (χ0) is 11.3. The lowest BCUT2D eigenvalue weighted by atomic mass is 10.2. The lowest BCUT2D eigenvalue weighted by molar-refractivity contribution is 0.554. The third-order valence-corrected chi connectivity index (χ3v) is 1.51. The van der Waals surface area contributed by atoms with Gasteiger partial charge in [-0.1, -0.05) is 28.2 Å². The second-order valence-corrected chi connectivity index (χ2v) is 3.62. The van der Waals surface area contributed by atoms with Crippen molar-refractivity contribution in [1.29, 1.82) is 0 Å². The molecule has 1 aromatic carbocycles. The summed E-state index contributed by atoms with van der Waals surface area (Å²) in [5.41, 5.74) is 1.06. The van der Waals surface area contributed by atoms with E-state index in [1.165, 1.54) is 5.39 Å². The second kappa shape index (κ2) is 4.81. The summed E-state index contributed by atoms with van der Waals surface area (Å²) in [6.07, 6.45) is 1.81. The number of rotatable bonds is 0. The summed E-state index contributed by atoms with van der Waals surface area (Å²) in [6.45, 7) is 0. The van der Waals surface area contributed by atoms with Gasteiger partial charge in [0.25, 0.3) is 0 Å². The number of benzene rings is 1. The second-order valence-electron chi connectivity index (χ2n) is 2.67. The van der Waals surface area contributed by atoms with Gasteiger partial charge in [0.05, 0.1) is 5.52 Å². The van der Waals surface area contributed by atoms with Crippen molar-refractivity contribution in [1.82, 2.24) is 4.98 Å². The van der Waals surface area contributed by atoms with Crippen LogP contribution in [-0.2, 0) is 10.4 Å². The highest BCUT2D eigenvalue weighted by Crippen LogP contribution is 2.07. The average molecular weight is 228 g/mol. The van der Waals surface area contributed by atoms with Gasteiger partial charge in [0, 0.05) is 11.6 Å². The van der Waals surface area contributed by atoms with Crippen LogP contribution in [0, 0.1) is 0 Å². The first-order valence-corrected chi connectivity index (χ1v) is 5.43. The largest absolute Gasteiger partial charge is 0.369 e. The van der Waals surface area contributed by atoms with E-state index in [2.05, 4.69) is 22.3 Å². The molecule has 0 radical (unpaired) electrons. The summed E-state index contributed by atoms with van der Waals surface area (Å²) < 4.78 is 27.9. The minimum atomic E-state index is -4.67. The Bertz CT molecular complexity index is 469. The van der Waals surface area contributed by atoms with Crippen LogP contribution in [0.4, 0.5) is 3.89 Å². The van der Waals surface area contributed by atoms with Crippen LogP contribution in [0.3, 0.4) is 0 Å². The number of hydrogen-bond acceptors (Lipinski definition) is 3. The molecule has 0 aliphatic rings. The van der Waals surface area contributed by atoms with Gasteiger partial charge in [0.2, 0.25) is 0 Å². The van der Waals surface area contributed by atoms with E-state index in [9.17, 15) is 3.89 Å². The summed E-state index contributed by atoms with van der Waals surface area (Å²) >= 11 is 0. The molecule has 0 saturated carbocycles. The van der Waals surface area contributed by atoms with Crippen LogP contribution in [0.25, 0.3) is 10.9 Å². The predicted molar refractivity (Wildman–Crippen MR) is 56.0 cm³/mol. The number of aromatic nitrogens is 1. The molecule has 6 heteroatoms. The SMILES string of the molecule is NS(=O)(=O)F.c1ccc2ncccc2c1. The van der Waals surface area contributed by atoms with Gasteiger partial charge in [-0.25, -0.2) is 5.14 Å². The number of pyridine rings is 1. The maximum atomic E-state index is 10.4. The van der Waals surface area contributed by atoms with E-state index >= 15 is 0 Å². The molecule has 0 aliphatic carbocycles. The Morgan fingerprint density at radius 3 is 2.27 bits per heavy atom. The quantitative estimate of drug-likeness (QED) is 0.692. The first kappa shape index (κ1) is 11.5. The lowest BCUT2D eigenvalue weighted by Crippen LogP contribution is -2.01. The molecular formula is C9H9FN2O2S. The molecule has 80 valence electrons. The van der Waals surface area contributed by atoms with Gasteiger partial charge in [0.1, 0.15) is 0 Å². The summed E-state index contributed by atoms with van der Waals surface area (Å²) in [5, 5.41) is 4.86. The fourth-order valence-corrected chi connectivity index (χ4v) is 1.02. The van der Waals surface area contributed by atoms with Crippen molar-refractivity contribution in [2.75, 3.05) is 0 Å². The number of halogens is 1. The van der Waals surface area contributed by atoms with Gasteiger partial charge in [-0.2, -0.15) is 8.42 Å². The monoisotopic (exact) mass is 228 g/mol. The van der Waals surface area contributed by atoms with Crippen LogP contribution in [-0.4, -0.2) is 13.4 Å². The normalized spacial score (nSPS) is 10.5. The minimum Gasteiger partial charge on any atom is -0.256 e. The molecule has 0 aliphatic heterocycles. The Morgan fingerprint density at radius 2 is 1.67 bits per heavy atom. The van der Waals surface area contributed by atoms with Crippen molar-refractivity contribution >= 4 is 21.3 Å². The minimum absolute atomic E-state index is 1.06. The van der Waals surface area contributed by atoms with E-state index in [0.717, 1.165) is 5.52 Å². The average Bonchev–Trinajstić information content (AvgIpc) is 2.16. The topological polar surface area (TPSA) is 73.1 Å². The fourth-order valence-electron chi connectivity index (χ4n) is 1.02. The van der Waals surface area contributed by atoms with Gasteiger partial charge < -0.3 is 0 Å². The number of nitrogens with zero attached hydrogens (tertiary/aromatic N) is 1. The van der Waals surface area contributed by atoms with Gasteiger partial charge in [-0.3, -0.25) is 4.98 Å². The molecule has 1 aromatic heterocycles. The van der Waals surface area contributed by atoms with E-state index in [4.69, 9.17) is 8.42 Å². The Balaban J connectivity index is 0.000000195. The van der Waals surface area contributed by atoms with E-state index in [1.807, 2.05) is 30.5 Å².